The van der Waals surface area contributed by atoms with Crippen molar-refractivity contribution >= 4 is 17.2 Å². The molecule has 17 heavy (non-hydrogen) atoms. The van der Waals surface area contributed by atoms with E-state index >= 15 is 0 Å². The zero-order valence-corrected chi connectivity index (χ0v) is 9.85. The van der Waals surface area contributed by atoms with E-state index in [9.17, 15) is 9.90 Å². The van der Waals surface area contributed by atoms with E-state index in [-0.39, 0.29) is 12.5 Å². The minimum absolute atomic E-state index is 0.206. The number of amides is 1. The highest BCUT2D eigenvalue weighted by atomic mass is 32.1. The minimum atomic E-state index is -0.652. The maximum Gasteiger partial charge on any atom is 0.251 e. The molecule has 2 N–H and O–H groups in total. The van der Waals surface area contributed by atoms with Crippen LogP contribution in [0, 0.1) is 0 Å². The molecule has 0 aliphatic heterocycles. The number of rotatable bonds is 4. The van der Waals surface area contributed by atoms with Crippen LogP contribution in [-0.4, -0.2) is 22.5 Å². The molecule has 4 nitrogen and oxygen atoms in total. The van der Waals surface area contributed by atoms with Crippen molar-refractivity contribution in [2.45, 2.75) is 6.10 Å². The molecule has 1 unspecified atom stereocenters. The number of nitrogens with one attached hydrogen (secondary N) is 1. The molecule has 0 saturated heterocycles. The third kappa shape index (κ3) is 3.12. The molecular weight excluding hydrogens is 236 g/mol. The highest BCUT2D eigenvalue weighted by molar-refractivity contribution is 7.10. The zero-order chi connectivity index (χ0) is 12.1. The van der Waals surface area contributed by atoms with Crippen molar-refractivity contribution in [3.63, 3.8) is 0 Å². The van der Waals surface area contributed by atoms with Gasteiger partial charge in [-0.1, -0.05) is 6.07 Å². The molecule has 1 atom stereocenters. The summed E-state index contributed by atoms with van der Waals surface area (Å²) in [5.41, 5.74) is 0.540. The molecule has 0 aliphatic rings. The summed E-state index contributed by atoms with van der Waals surface area (Å²) in [7, 11) is 0. The molecule has 1 amide bonds. The number of nitrogens with zero attached hydrogens (tertiary/aromatic N) is 1. The Morgan fingerprint density at radius 1 is 1.41 bits per heavy atom. The molecule has 0 spiro atoms. The second-order valence-electron chi connectivity index (χ2n) is 3.48. The van der Waals surface area contributed by atoms with Gasteiger partial charge in [-0.2, -0.15) is 0 Å². The Labute approximate surface area is 103 Å². The molecule has 0 radical (unpaired) electrons. The number of carbonyl (C=O) groups is 1. The van der Waals surface area contributed by atoms with E-state index in [1.165, 1.54) is 11.3 Å². The van der Waals surface area contributed by atoms with E-state index in [0.29, 0.717) is 5.56 Å². The highest BCUT2D eigenvalue weighted by Gasteiger charge is 2.11. The Hall–Kier alpha value is -1.72. The predicted octanol–water partition coefficient (Wildman–Crippen LogP) is 1.61. The van der Waals surface area contributed by atoms with Crippen molar-refractivity contribution in [1.82, 2.24) is 10.3 Å². The first kappa shape index (κ1) is 11.8. The molecule has 0 bridgehead atoms. The largest absolute Gasteiger partial charge is 0.386 e. The average Bonchev–Trinajstić information content (AvgIpc) is 2.90. The number of pyridine rings is 1. The summed E-state index contributed by atoms with van der Waals surface area (Å²) in [6, 6.07) is 6.97. The summed E-state index contributed by atoms with van der Waals surface area (Å²) in [6.07, 6.45) is 2.47. The third-order valence-corrected chi connectivity index (χ3v) is 3.24. The van der Waals surface area contributed by atoms with E-state index in [2.05, 4.69) is 10.3 Å². The van der Waals surface area contributed by atoms with Crippen LogP contribution in [0.3, 0.4) is 0 Å². The van der Waals surface area contributed by atoms with Gasteiger partial charge in [-0.05, 0) is 23.6 Å². The van der Waals surface area contributed by atoms with Crippen LogP contribution in [0.2, 0.25) is 0 Å². The zero-order valence-electron chi connectivity index (χ0n) is 9.04. The minimum Gasteiger partial charge on any atom is -0.386 e. The van der Waals surface area contributed by atoms with Gasteiger partial charge in [0.25, 0.3) is 5.91 Å². The molecule has 5 heteroatoms. The van der Waals surface area contributed by atoms with Crippen molar-refractivity contribution in [2.24, 2.45) is 0 Å². The van der Waals surface area contributed by atoms with Crippen LogP contribution < -0.4 is 5.32 Å². The Morgan fingerprint density at radius 3 is 2.82 bits per heavy atom. The lowest BCUT2D eigenvalue weighted by Gasteiger charge is -2.09. The molecule has 0 aromatic carbocycles. The van der Waals surface area contributed by atoms with Crippen LogP contribution in [0.1, 0.15) is 21.3 Å². The van der Waals surface area contributed by atoms with Gasteiger partial charge in [-0.25, -0.2) is 0 Å². The van der Waals surface area contributed by atoms with Crippen molar-refractivity contribution in [1.29, 1.82) is 0 Å². The lowest BCUT2D eigenvalue weighted by molar-refractivity contribution is 0.0918. The van der Waals surface area contributed by atoms with Crippen LogP contribution in [0.5, 0.6) is 0 Å². The van der Waals surface area contributed by atoms with Crippen LogP contribution in [0.4, 0.5) is 0 Å². The van der Waals surface area contributed by atoms with E-state index in [0.717, 1.165) is 4.88 Å². The van der Waals surface area contributed by atoms with Gasteiger partial charge in [-0.3, -0.25) is 9.78 Å². The summed E-state index contributed by atoms with van der Waals surface area (Å²) in [5.74, 6) is -0.206. The second-order valence-corrected chi connectivity index (χ2v) is 4.46. The molecule has 2 rings (SSSR count). The second kappa shape index (κ2) is 5.56. The normalized spacial score (nSPS) is 12.1. The van der Waals surface area contributed by atoms with E-state index in [1.54, 1.807) is 24.5 Å². The summed E-state index contributed by atoms with van der Waals surface area (Å²) >= 11 is 1.47. The van der Waals surface area contributed by atoms with E-state index in [1.807, 2.05) is 17.5 Å². The summed E-state index contributed by atoms with van der Waals surface area (Å²) < 4.78 is 0. The lowest BCUT2D eigenvalue weighted by atomic mass is 10.2. The summed E-state index contributed by atoms with van der Waals surface area (Å²) in [5, 5.41) is 14.4. The standard InChI is InChI=1S/C12H12N2O2S/c15-10(11-2-1-7-17-11)8-14-12(16)9-3-5-13-6-4-9/h1-7,10,15H,8H2,(H,14,16). The number of aromatic nitrogens is 1. The monoisotopic (exact) mass is 248 g/mol. The fraction of sp³-hybridized carbons (Fsp3) is 0.167. The van der Waals surface area contributed by atoms with E-state index < -0.39 is 6.10 Å². The van der Waals surface area contributed by atoms with Gasteiger partial charge in [0.1, 0.15) is 6.10 Å². The molecule has 88 valence electrons. The number of hydrogen-bond donors (Lipinski definition) is 2. The predicted molar refractivity (Wildman–Crippen MR) is 65.8 cm³/mol. The first-order valence-corrected chi connectivity index (χ1v) is 6.05. The Morgan fingerprint density at radius 2 is 2.18 bits per heavy atom. The topological polar surface area (TPSA) is 62.2 Å². The fourth-order valence-electron chi connectivity index (χ4n) is 1.38. The van der Waals surface area contributed by atoms with Gasteiger partial charge in [0, 0.05) is 29.4 Å². The van der Waals surface area contributed by atoms with Gasteiger partial charge in [-0.15, -0.1) is 11.3 Å². The van der Waals surface area contributed by atoms with Gasteiger partial charge in [0.05, 0.1) is 0 Å². The van der Waals surface area contributed by atoms with Gasteiger partial charge >= 0.3 is 0 Å². The van der Waals surface area contributed by atoms with Crippen LogP contribution >= 0.6 is 11.3 Å². The lowest BCUT2D eigenvalue weighted by Crippen LogP contribution is -2.28. The Kier molecular flexibility index (Phi) is 3.85. The van der Waals surface area contributed by atoms with Crippen molar-refractivity contribution in [2.75, 3.05) is 6.54 Å². The number of thiophene rings is 1. The fourth-order valence-corrected chi connectivity index (χ4v) is 2.09. The van der Waals surface area contributed by atoms with Gasteiger partial charge < -0.3 is 10.4 Å². The molecule has 0 aliphatic carbocycles. The van der Waals surface area contributed by atoms with Crippen LogP contribution in [0.25, 0.3) is 0 Å². The van der Waals surface area contributed by atoms with Crippen LogP contribution in [0.15, 0.2) is 42.0 Å². The number of aliphatic hydroxyl groups excluding tert-OH is 1. The molecular formula is C12H12N2O2S. The number of hydrogen-bond acceptors (Lipinski definition) is 4. The first-order valence-electron chi connectivity index (χ1n) is 5.17. The quantitative estimate of drug-likeness (QED) is 0.864. The maximum absolute atomic E-state index is 11.7. The molecule has 0 saturated carbocycles. The van der Waals surface area contributed by atoms with Crippen molar-refractivity contribution < 1.29 is 9.90 Å². The molecule has 2 aromatic heterocycles. The maximum atomic E-state index is 11.7. The highest BCUT2D eigenvalue weighted by Crippen LogP contribution is 2.17. The van der Waals surface area contributed by atoms with Crippen molar-refractivity contribution in [3.05, 3.63) is 52.5 Å². The van der Waals surface area contributed by atoms with Gasteiger partial charge in [0.2, 0.25) is 0 Å². The molecule has 2 heterocycles. The number of carbonyl (C=O) groups excluding carboxylic acids is 1. The smallest absolute Gasteiger partial charge is 0.251 e. The van der Waals surface area contributed by atoms with E-state index in [4.69, 9.17) is 0 Å². The van der Waals surface area contributed by atoms with Crippen LogP contribution in [-0.2, 0) is 0 Å². The molecule has 0 fully saturated rings. The summed E-state index contributed by atoms with van der Waals surface area (Å²) in [4.78, 5) is 16.4. The Balaban J connectivity index is 1.89. The number of aliphatic hydroxyl groups is 1. The third-order valence-electron chi connectivity index (χ3n) is 2.27. The Bertz CT molecular complexity index is 471. The average molecular weight is 248 g/mol. The summed E-state index contributed by atoms with van der Waals surface area (Å²) in [6.45, 7) is 0.210. The van der Waals surface area contributed by atoms with Crippen molar-refractivity contribution in [3.8, 4) is 0 Å². The van der Waals surface area contributed by atoms with Gasteiger partial charge in [0.15, 0.2) is 0 Å². The molecule has 2 aromatic rings. The first-order chi connectivity index (χ1) is 8.27. The SMILES string of the molecule is O=C(NCC(O)c1cccs1)c1ccncc1.